The topological polar surface area (TPSA) is 51.6 Å². The Balaban J connectivity index is 0.000000168. The molecule has 2 aromatic carbocycles. The molecule has 0 unspecified atom stereocenters. The van der Waals surface area contributed by atoms with Crippen molar-refractivity contribution in [1.29, 1.82) is 0 Å². The van der Waals surface area contributed by atoms with Gasteiger partial charge >= 0.3 is 17.1 Å². The third kappa shape index (κ3) is 5.93. The van der Waals surface area contributed by atoms with Crippen LogP contribution < -0.4 is 0 Å². The summed E-state index contributed by atoms with van der Waals surface area (Å²) < 4.78 is 0. The summed E-state index contributed by atoms with van der Waals surface area (Å²) >= 11 is 23.3. The molecule has 6 aromatic rings. The van der Waals surface area contributed by atoms with Gasteiger partial charge in [-0.25, -0.2) is 19.9 Å². The van der Waals surface area contributed by atoms with Gasteiger partial charge in [0, 0.05) is 21.5 Å². The van der Waals surface area contributed by atoms with Crippen LogP contribution in [0, 0.1) is 0 Å². The van der Waals surface area contributed by atoms with Crippen LogP contribution in [0.1, 0.15) is 22.8 Å². The van der Waals surface area contributed by atoms with E-state index in [4.69, 9.17) is 46.4 Å². The van der Waals surface area contributed by atoms with Crippen LogP contribution in [0.5, 0.6) is 0 Å². The number of aromatic nitrogens is 4. The zero-order valence-corrected chi connectivity index (χ0v) is 23.3. The van der Waals surface area contributed by atoms with E-state index in [9.17, 15) is 0 Å². The minimum absolute atomic E-state index is 0. The summed E-state index contributed by atoms with van der Waals surface area (Å²) in [4.78, 5) is 18.2. The van der Waals surface area contributed by atoms with Crippen molar-refractivity contribution in [2.75, 3.05) is 0 Å². The molecule has 0 radical (unpaired) electrons. The molecule has 0 N–H and O–H groups in total. The second kappa shape index (κ2) is 12.5. The first-order valence-electron chi connectivity index (χ1n) is 11.2. The zero-order valence-electron chi connectivity index (χ0n) is 19.4. The maximum Gasteiger partial charge on any atom is 1.00 e. The van der Waals surface area contributed by atoms with Gasteiger partial charge in [0.05, 0.1) is 68.4 Å². The second-order valence-corrected chi connectivity index (χ2v) is 9.23. The monoisotopic (exact) mass is 615 g/mol. The molecular formula is C28H20Cl4CuN4+. The first-order chi connectivity index (χ1) is 17.6. The number of nitrogens with zero attached hydrogens (tertiary/aromatic N) is 4. The van der Waals surface area contributed by atoms with Gasteiger partial charge in [-0.2, -0.15) is 0 Å². The smallest absolute Gasteiger partial charge is 0.249 e. The average molecular weight is 618 g/mol. The van der Waals surface area contributed by atoms with Gasteiger partial charge in [0.25, 0.3) is 0 Å². The molecule has 0 saturated heterocycles. The molecule has 6 rings (SSSR count). The molecule has 4 aromatic heterocycles. The van der Waals surface area contributed by atoms with Crippen LogP contribution in [0.25, 0.3) is 43.6 Å². The summed E-state index contributed by atoms with van der Waals surface area (Å²) in [7, 11) is 0. The Morgan fingerprint density at radius 2 is 0.541 bits per heavy atom. The summed E-state index contributed by atoms with van der Waals surface area (Å²) in [6.07, 6.45) is 0. The largest absolute Gasteiger partial charge is 1.00 e. The van der Waals surface area contributed by atoms with Crippen LogP contribution in [-0.4, -0.2) is 19.9 Å². The molecule has 4 heterocycles. The van der Waals surface area contributed by atoms with Gasteiger partial charge < -0.3 is 0 Å². The van der Waals surface area contributed by atoms with Gasteiger partial charge in [0.2, 0.25) is 0 Å². The minimum Gasteiger partial charge on any atom is -0.249 e. The predicted octanol–water partition coefficient (Wildman–Crippen LogP) is 8.52. The first kappa shape index (κ1) is 27.8. The quantitative estimate of drug-likeness (QED) is 0.113. The van der Waals surface area contributed by atoms with Crippen LogP contribution in [0.15, 0.2) is 72.8 Å². The van der Waals surface area contributed by atoms with Crippen LogP contribution in [0.3, 0.4) is 0 Å². The van der Waals surface area contributed by atoms with Crippen molar-refractivity contribution in [3.05, 3.63) is 95.6 Å². The fourth-order valence-electron chi connectivity index (χ4n) is 3.99. The first-order valence-corrected chi connectivity index (χ1v) is 13.4. The third-order valence-electron chi connectivity index (χ3n) is 5.82. The Kier molecular flexibility index (Phi) is 9.41. The molecule has 0 atom stereocenters. The fraction of sp³-hybridized carbons (Fsp3) is 0.143. The second-order valence-electron chi connectivity index (χ2n) is 8.16. The van der Waals surface area contributed by atoms with E-state index in [1.165, 1.54) is 0 Å². The van der Waals surface area contributed by atoms with Crippen molar-refractivity contribution >= 4 is 90.0 Å². The van der Waals surface area contributed by atoms with Crippen LogP contribution in [0.2, 0.25) is 0 Å². The fourth-order valence-corrected chi connectivity index (χ4v) is 4.59. The molecule has 9 heteroatoms. The van der Waals surface area contributed by atoms with Crippen molar-refractivity contribution in [2.45, 2.75) is 23.5 Å². The number of fused-ring (bicyclic) bond motifs is 6. The van der Waals surface area contributed by atoms with E-state index in [-0.39, 0.29) is 17.1 Å². The molecule has 0 fully saturated rings. The molecule has 0 aliphatic carbocycles. The number of benzene rings is 2. The standard InChI is InChI=1S/2C14H10Cl2N2.Cu/c2*15-7-11-5-3-9-1-2-10-4-6-12(8-16)18-14(10)13(9)17-11;/h2*1-6H,7-8H2;/q;;+1. The van der Waals surface area contributed by atoms with Gasteiger partial charge in [0.15, 0.2) is 0 Å². The van der Waals surface area contributed by atoms with E-state index >= 15 is 0 Å². The SMILES string of the molecule is ClCc1ccc2ccc3ccc(CCl)nc3c2n1.ClCc1ccc2ccc3ccc(CCl)nc3c2n1.[Cu+]. The van der Waals surface area contributed by atoms with E-state index in [1.807, 2.05) is 72.8 Å². The van der Waals surface area contributed by atoms with Crippen molar-refractivity contribution < 1.29 is 17.1 Å². The van der Waals surface area contributed by atoms with Gasteiger partial charge in [0.1, 0.15) is 0 Å². The zero-order chi connectivity index (χ0) is 25.1. The summed E-state index contributed by atoms with van der Waals surface area (Å²) in [6, 6.07) is 24.0. The van der Waals surface area contributed by atoms with Gasteiger partial charge in [-0.15, -0.1) is 46.4 Å². The predicted molar refractivity (Wildman–Crippen MR) is 152 cm³/mol. The minimum atomic E-state index is 0. The van der Waals surface area contributed by atoms with E-state index < -0.39 is 0 Å². The van der Waals surface area contributed by atoms with Crippen molar-refractivity contribution in [3.8, 4) is 0 Å². The van der Waals surface area contributed by atoms with Crippen LogP contribution in [-0.2, 0) is 40.6 Å². The maximum atomic E-state index is 5.83. The molecule has 37 heavy (non-hydrogen) atoms. The Hall–Kier alpha value is -2.24. The summed E-state index contributed by atoms with van der Waals surface area (Å²) in [5.74, 6) is 1.62. The third-order valence-corrected chi connectivity index (χ3v) is 6.91. The van der Waals surface area contributed by atoms with Crippen molar-refractivity contribution in [1.82, 2.24) is 19.9 Å². The van der Waals surface area contributed by atoms with Gasteiger partial charge in [-0.1, -0.05) is 48.5 Å². The summed E-state index contributed by atoms with van der Waals surface area (Å²) in [5.41, 5.74) is 6.97. The molecule has 0 amide bonds. The number of hydrogen-bond acceptors (Lipinski definition) is 4. The van der Waals surface area contributed by atoms with Gasteiger partial charge in [-0.05, 0) is 24.3 Å². The molecule has 0 aliphatic heterocycles. The number of rotatable bonds is 4. The molecule has 190 valence electrons. The number of pyridine rings is 4. The van der Waals surface area contributed by atoms with Crippen LogP contribution in [0.4, 0.5) is 0 Å². The number of hydrogen-bond donors (Lipinski definition) is 0. The molecule has 0 saturated carbocycles. The van der Waals surface area contributed by atoms with Crippen molar-refractivity contribution in [2.24, 2.45) is 0 Å². The van der Waals surface area contributed by atoms with Crippen molar-refractivity contribution in [3.63, 3.8) is 0 Å². The summed E-state index contributed by atoms with van der Waals surface area (Å²) in [5, 5.41) is 4.26. The van der Waals surface area contributed by atoms with Crippen LogP contribution >= 0.6 is 46.4 Å². The molecule has 4 nitrogen and oxygen atoms in total. The maximum absolute atomic E-state index is 5.83. The Morgan fingerprint density at radius 3 is 0.730 bits per heavy atom. The Morgan fingerprint density at radius 1 is 0.351 bits per heavy atom. The summed E-state index contributed by atoms with van der Waals surface area (Å²) in [6.45, 7) is 0. The molecular weight excluding hydrogens is 598 g/mol. The Labute approximate surface area is 244 Å². The number of halogens is 4. The average Bonchev–Trinajstić information content (AvgIpc) is 2.96. The van der Waals surface area contributed by atoms with E-state index in [0.717, 1.165) is 66.4 Å². The molecule has 0 spiro atoms. The van der Waals surface area contributed by atoms with Gasteiger partial charge in [-0.3, -0.25) is 0 Å². The van der Waals surface area contributed by atoms with E-state index in [1.54, 1.807) is 0 Å². The molecule has 0 aliphatic rings. The van der Waals surface area contributed by atoms with E-state index in [0.29, 0.717) is 23.5 Å². The van der Waals surface area contributed by atoms with E-state index in [2.05, 4.69) is 19.9 Å². The normalized spacial score (nSPS) is 10.9. The Bertz CT molecular complexity index is 1460. The number of alkyl halides is 4. The molecule has 0 bridgehead atoms.